The van der Waals surface area contributed by atoms with Gasteiger partial charge in [0.25, 0.3) is 5.78 Å². The first-order chi connectivity index (χ1) is 13.0. The van der Waals surface area contributed by atoms with E-state index >= 15 is 0 Å². The molecule has 5 nitrogen and oxygen atoms in total. The van der Waals surface area contributed by atoms with Gasteiger partial charge in [-0.05, 0) is 45.8 Å². The van der Waals surface area contributed by atoms with E-state index in [1.165, 1.54) is 3.93 Å². The summed E-state index contributed by atoms with van der Waals surface area (Å²) in [7, 11) is 0. The van der Waals surface area contributed by atoms with E-state index < -0.39 is 17.5 Å². The van der Waals surface area contributed by atoms with E-state index in [0.717, 1.165) is 37.3 Å². The lowest BCUT2D eigenvalue weighted by Gasteiger charge is -2.29. The highest BCUT2D eigenvalue weighted by molar-refractivity contribution is 9.10. The van der Waals surface area contributed by atoms with Crippen LogP contribution >= 0.6 is 32.1 Å². The molecule has 0 saturated heterocycles. The molecular formula is C20H8Br2N2O3. The smallest absolute Gasteiger partial charge is 0.285 e. The van der Waals surface area contributed by atoms with Crippen molar-refractivity contribution in [2.75, 3.05) is 3.93 Å². The molecule has 3 aromatic rings. The molecule has 27 heavy (non-hydrogen) atoms. The van der Waals surface area contributed by atoms with Gasteiger partial charge in [-0.1, -0.05) is 40.2 Å². The highest BCUT2D eigenvalue weighted by Crippen LogP contribution is 2.42. The van der Waals surface area contributed by atoms with Gasteiger partial charge in [-0.2, -0.15) is 4.99 Å². The summed E-state index contributed by atoms with van der Waals surface area (Å²) in [5.74, 6) is -2.87. The maximum absolute atomic E-state index is 12.4. The lowest BCUT2D eigenvalue weighted by atomic mass is 9.91. The lowest BCUT2D eigenvalue weighted by molar-refractivity contribution is -0.142. The zero-order valence-electron chi connectivity index (χ0n) is 13.5. The van der Waals surface area contributed by atoms with Gasteiger partial charge in [-0.25, -0.2) is 0 Å². The quantitative estimate of drug-likeness (QED) is 0.271. The number of anilines is 1. The summed E-state index contributed by atoms with van der Waals surface area (Å²) in [6.45, 7) is 0. The van der Waals surface area contributed by atoms with Crippen LogP contribution in [0.3, 0.4) is 0 Å². The van der Waals surface area contributed by atoms with Crippen LogP contribution in [0.2, 0.25) is 0 Å². The van der Waals surface area contributed by atoms with E-state index in [1.807, 2.05) is 30.3 Å². The molecule has 0 spiro atoms. The van der Waals surface area contributed by atoms with E-state index in [9.17, 15) is 14.4 Å². The standard InChI is InChI=1S/C20H8Br2N2O3/c21-15-8-16-13(11-5-9-3-1-2-4-10(9)6-12(11)15)7-14-17(25)18(26)20(27)23-19(14)24(16)22/h1-8H. The number of rotatable bonds is 0. The molecule has 0 fully saturated rings. The van der Waals surface area contributed by atoms with Crippen LogP contribution in [0.15, 0.2) is 57.5 Å². The molecule has 0 N–H and O–H groups in total. The van der Waals surface area contributed by atoms with Crippen molar-refractivity contribution in [1.82, 2.24) is 0 Å². The van der Waals surface area contributed by atoms with Gasteiger partial charge in [0, 0.05) is 10.0 Å². The zero-order valence-corrected chi connectivity index (χ0v) is 16.7. The minimum absolute atomic E-state index is 0.112. The van der Waals surface area contributed by atoms with Crippen LogP contribution < -0.4 is 3.93 Å². The van der Waals surface area contributed by atoms with Crippen LogP contribution in [-0.4, -0.2) is 23.3 Å². The third kappa shape index (κ3) is 2.28. The Morgan fingerprint density at radius 2 is 1.56 bits per heavy atom. The predicted molar refractivity (Wildman–Crippen MR) is 111 cm³/mol. The Balaban J connectivity index is 1.90. The highest BCUT2D eigenvalue weighted by Gasteiger charge is 2.39. The van der Waals surface area contributed by atoms with Crippen LogP contribution in [0.4, 0.5) is 5.69 Å². The number of hydrogen-bond donors (Lipinski definition) is 0. The minimum atomic E-state index is -1.11. The van der Waals surface area contributed by atoms with Gasteiger partial charge >= 0.3 is 5.91 Å². The van der Waals surface area contributed by atoms with Gasteiger partial charge in [0.15, 0.2) is 5.84 Å². The maximum atomic E-state index is 12.4. The highest BCUT2D eigenvalue weighted by atomic mass is 79.9. The molecule has 0 bridgehead atoms. The number of benzene rings is 3. The lowest BCUT2D eigenvalue weighted by Crippen LogP contribution is -2.40. The number of Topliss-reactive ketones (excluding diaryl/α,β-unsaturated/α-hetero) is 2. The van der Waals surface area contributed by atoms with Gasteiger partial charge in [0.05, 0.1) is 27.4 Å². The number of aliphatic imine (C=N–C) groups is 1. The van der Waals surface area contributed by atoms with Crippen molar-refractivity contribution in [2.45, 2.75) is 0 Å². The molecule has 0 aliphatic carbocycles. The molecule has 2 aliphatic heterocycles. The van der Waals surface area contributed by atoms with Crippen molar-refractivity contribution in [3.8, 4) is 0 Å². The van der Waals surface area contributed by atoms with Crippen molar-refractivity contribution in [3.05, 3.63) is 58.1 Å². The minimum Gasteiger partial charge on any atom is -0.285 e. The van der Waals surface area contributed by atoms with Gasteiger partial charge in [0.1, 0.15) is 0 Å². The molecule has 3 aromatic carbocycles. The Morgan fingerprint density at radius 1 is 0.889 bits per heavy atom. The summed E-state index contributed by atoms with van der Waals surface area (Å²) < 4.78 is 2.37. The molecule has 2 heterocycles. The van der Waals surface area contributed by atoms with Crippen LogP contribution in [0.1, 0.15) is 5.56 Å². The Kier molecular flexibility index (Phi) is 3.47. The largest absolute Gasteiger partial charge is 0.323 e. The summed E-state index contributed by atoms with van der Waals surface area (Å²) in [6.07, 6.45) is 1.64. The molecule has 0 radical (unpaired) electrons. The number of amides is 1. The first-order valence-corrected chi connectivity index (χ1v) is 9.50. The van der Waals surface area contributed by atoms with Crippen molar-refractivity contribution in [1.29, 1.82) is 0 Å². The fraction of sp³-hybridized carbons (Fsp3) is 0. The average molecular weight is 484 g/mol. The molecule has 1 amide bonds. The predicted octanol–water partition coefficient (Wildman–Crippen LogP) is 4.35. The first-order valence-electron chi connectivity index (χ1n) is 8.00. The molecule has 0 saturated carbocycles. The number of nitrogens with zero attached hydrogens (tertiary/aromatic N) is 2. The third-order valence-corrected chi connectivity index (χ3v) is 6.13. The van der Waals surface area contributed by atoms with E-state index in [0.29, 0.717) is 0 Å². The van der Waals surface area contributed by atoms with Crippen molar-refractivity contribution in [3.63, 3.8) is 0 Å². The fourth-order valence-corrected chi connectivity index (χ4v) is 4.56. The number of hydrogen-bond acceptors (Lipinski definition) is 4. The Bertz CT molecular complexity index is 1310. The van der Waals surface area contributed by atoms with Crippen molar-refractivity contribution in [2.24, 2.45) is 4.99 Å². The third-order valence-electron chi connectivity index (χ3n) is 4.75. The van der Waals surface area contributed by atoms with Gasteiger partial charge in [-0.15, -0.1) is 0 Å². The average Bonchev–Trinajstić information content (AvgIpc) is 2.67. The second kappa shape index (κ2) is 5.68. The number of fused-ring (bicyclic) bond motifs is 5. The molecule has 0 aromatic heterocycles. The maximum Gasteiger partial charge on any atom is 0.323 e. The van der Waals surface area contributed by atoms with E-state index in [4.69, 9.17) is 0 Å². The molecule has 0 atom stereocenters. The Labute approximate surface area is 169 Å². The van der Waals surface area contributed by atoms with Crippen molar-refractivity contribution < 1.29 is 14.4 Å². The molecule has 2 aliphatic rings. The summed E-state index contributed by atoms with van der Waals surface area (Å²) >= 11 is 7.01. The van der Waals surface area contributed by atoms with Crippen LogP contribution in [0, 0.1) is 0 Å². The van der Waals surface area contributed by atoms with Crippen LogP contribution in [0.25, 0.3) is 27.6 Å². The molecule has 5 rings (SSSR count). The van der Waals surface area contributed by atoms with Crippen molar-refractivity contribution >= 4 is 88.7 Å². The monoisotopic (exact) mass is 482 g/mol. The van der Waals surface area contributed by atoms with E-state index in [2.05, 4.69) is 49.2 Å². The number of carbonyl (C=O) groups excluding carboxylic acids is 3. The molecule has 0 unspecified atom stereocenters. The summed E-state index contributed by atoms with van der Waals surface area (Å²) in [5, 5.41) is 4.06. The van der Waals surface area contributed by atoms with E-state index in [-0.39, 0.29) is 11.4 Å². The summed E-state index contributed by atoms with van der Waals surface area (Å²) in [5.41, 5.74) is 1.61. The van der Waals surface area contributed by atoms with E-state index in [1.54, 1.807) is 6.08 Å². The van der Waals surface area contributed by atoms with Crippen LogP contribution in [0.5, 0.6) is 0 Å². The Hall–Kier alpha value is -2.64. The summed E-state index contributed by atoms with van der Waals surface area (Å²) in [4.78, 5) is 39.6. The molecule has 130 valence electrons. The fourth-order valence-electron chi connectivity index (χ4n) is 3.45. The topological polar surface area (TPSA) is 66.8 Å². The molecule has 7 heteroatoms. The zero-order chi connectivity index (χ0) is 18.9. The normalized spacial score (nSPS) is 16.4. The SMILES string of the molecule is O=C1N=C2C(=Cc3c(cc(Br)c4cc5ccccc5cc34)N2Br)C(=O)C1=O. The van der Waals surface area contributed by atoms with Gasteiger partial charge in [0.2, 0.25) is 5.78 Å². The summed E-state index contributed by atoms with van der Waals surface area (Å²) in [6, 6.07) is 14.0. The second-order valence-corrected chi connectivity index (χ2v) is 7.84. The number of carbonyl (C=O) groups is 3. The second-order valence-electron chi connectivity index (χ2n) is 6.27. The van der Waals surface area contributed by atoms with Gasteiger partial charge in [-0.3, -0.25) is 18.3 Å². The molecular weight excluding hydrogens is 476 g/mol. The first kappa shape index (κ1) is 16.5. The number of ketones is 2. The van der Waals surface area contributed by atoms with Gasteiger partial charge < -0.3 is 0 Å². The van der Waals surface area contributed by atoms with Crippen LogP contribution in [-0.2, 0) is 14.4 Å². The Morgan fingerprint density at radius 3 is 2.26 bits per heavy atom. The number of amidine groups is 1. The number of halogens is 2.